The van der Waals surface area contributed by atoms with Gasteiger partial charge in [0.2, 0.25) is 0 Å². The Morgan fingerprint density at radius 3 is 2.82 bits per heavy atom. The van der Waals surface area contributed by atoms with E-state index < -0.39 is 0 Å². The number of hydrogen-bond donors (Lipinski definition) is 2. The molecule has 62 valence electrons. The molecule has 1 rings (SSSR count). The first kappa shape index (κ1) is 8.87. The number of rotatable bonds is 2. The zero-order valence-electron chi connectivity index (χ0n) is 6.65. The minimum atomic E-state index is -0.346. The van der Waals surface area contributed by atoms with E-state index in [2.05, 4.69) is 28.6 Å². The summed E-state index contributed by atoms with van der Waals surface area (Å²) in [4.78, 5) is 8.17. The Morgan fingerprint density at radius 2 is 2.27 bits per heavy atom. The van der Waals surface area contributed by atoms with E-state index in [0.29, 0.717) is 0 Å². The summed E-state index contributed by atoms with van der Waals surface area (Å²) in [6.45, 7) is 4.09. The lowest BCUT2D eigenvalue weighted by Crippen LogP contribution is -1.88. The van der Waals surface area contributed by atoms with Crippen LogP contribution in [0.4, 0.5) is 0 Å². The summed E-state index contributed by atoms with van der Waals surface area (Å²) in [5.41, 5.74) is 1.02. The second kappa shape index (κ2) is 3.97. The summed E-state index contributed by atoms with van der Waals surface area (Å²) in [5, 5.41) is 1.08. The number of aromatic nitrogens is 2. The van der Waals surface area contributed by atoms with E-state index in [1.54, 1.807) is 6.33 Å². The molecular weight excluding hydrogens is 176 g/mol. The Morgan fingerprint density at radius 1 is 1.55 bits per heavy atom. The van der Waals surface area contributed by atoms with Crippen LogP contribution in [0.3, 0.4) is 0 Å². The summed E-state index contributed by atoms with van der Waals surface area (Å²) < 4.78 is 0. The maximum absolute atomic E-state index is 4.44. The molecule has 11 heavy (non-hydrogen) atoms. The van der Waals surface area contributed by atoms with Crippen LogP contribution in [0.5, 0.6) is 0 Å². The topological polar surface area (TPSA) is 25.8 Å². The minimum Gasteiger partial charge on any atom is -0.242 e. The van der Waals surface area contributed by atoms with Gasteiger partial charge in [0.05, 0.1) is 5.03 Å². The van der Waals surface area contributed by atoms with E-state index in [9.17, 15) is 0 Å². The van der Waals surface area contributed by atoms with Crippen LogP contribution < -0.4 is 0 Å². The number of aryl methyl sites for hydroxylation is 1. The largest absolute Gasteiger partial charge is 0.242 e. The molecule has 0 saturated heterocycles. The highest BCUT2D eigenvalue weighted by atomic mass is 33.1. The summed E-state index contributed by atoms with van der Waals surface area (Å²) >= 11 is 4.44. The Hall–Kier alpha value is -0.220. The average Bonchev–Trinajstić information content (AvgIpc) is 2.03. The van der Waals surface area contributed by atoms with Gasteiger partial charge in [-0.15, -0.1) is 11.7 Å². The summed E-state index contributed by atoms with van der Waals surface area (Å²) in [7, 11) is -0.346. The molecule has 0 saturated carbocycles. The number of thiol groups is 2. The minimum absolute atomic E-state index is 0.346. The SMILES string of the molecule is CC[SH](S)c1cc(C)ncn1. The van der Waals surface area contributed by atoms with Gasteiger partial charge in [-0.3, -0.25) is 0 Å². The molecule has 0 aliphatic heterocycles. The third-order valence-corrected chi connectivity index (χ3v) is 4.19. The molecule has 0 spiro atoms. The van der Waals surface area contributed by atoms with E-state index in [4.69, 9.17) is 0 Å². The highest BCUT2D eigenvalue weighted by molar-refractivity contribution is 8.78. The normalized spacial score (nSPS) is 14.6. The lowest BCUT2D eigenvalue weighted by atomic mass is 10.5. The zero-order valence-corrected chi connectivity index (χ0v) is 8.44. The van der Waals surface area contributed by atoms with Gasteiger partial charge in [0, 0.05) is 5.69 Å². The van der Waals surface area contributed by atoms with Crippen LogP contribution in [0.2, 0.25) is 0 Å². The van der Waals surface area contributed by atoms with E-state index in [0.717, 1.165) is 16.5 Å². The van der Waals surface area contributed by atoms with Crippen molar-refractivity contribution in [3.8, 4) is 0 Å². The summed E-state index contributed by atoms with van der Waals surface area (Å²) in [6, 6.07) is 2.00. The van der Waals surface area contributed by atoms with Gasteiger partial charge in [0.1, 0.15) is 6.33 Å². The van der Waals surface area contributed by atoms with Crippen molar-refractivity contribution in [2.45, 2.75) is 18.9 Å². The van der Waals surface area contributed by atoms with Gasteiger partial charge in [-0.2, -0.15) is 9.93 Å². The maximum atomic E-state index is 4.44. The van der Waals surface area contributed by atoms with Crippen LogP contribution >= 0.6 is 21.6 Å². The third kappa shape index (κ3) is 2.38. The average molecular weight is 188 g/mol. The van der Waals surface area contributed by atoms with Crippen molar-refractivity contribution in [3.63, 3.8) is 0 Å². The lowest BCUT2D eigenvalue weighted by molar-refractivity contribution is 1.01. The first-order valence-corrected chi connectivity index (χ1v) is 6.17. The number of hydrogen-bond acceptors (Lipinski definition) is 3. The van der Waals surface area contributed by atoms with Crippen molar-refractivity contribution in [1.29, 1.82) is 0 Å². The Balaban J connectivity index is 2.86. The van der Waals surface area contributed by atoms with Crippen molar-refractivity contribution in [1.82, 2.24) is 9.97 Å². The Bertz CT molecular complexity index is 240. The molecule has 1 aromatic heterocycles. The first-order chi connectivity index (χ1) is 5.24. The highest BCUT2D eigenvalue weighted by Crippen LogP contribution is 2.37. The molecule has 0 amide bonds. The van der Waals surface area contributed by atoms with Crippen molar-refractivity contribution >= 4 is 21.6 Å². The maximum Gasteiger partial charge on any atom is 0.116 e. The Labute approximate surface area is 74.6 Å². The Kier molecular flexibility index (Phi) is 3.20. The van der Waals surface area contributed by atoms with Gasteiger partial charge in [0.15, 0.2) is 0 Å². The van der Waals surface area contributed by atoms with E-state index in [-0.39, 0.29) is 9.93 Å². The smallest absolute Gasteiger partial charge is 0.116 e. The van der Waals surface area contributed by atoms with Gasteiger partial charge in [-0.25, -0.2) is 9.97 Å². The predicted octanol–water partition coefficient (Wildman–Crippen LogP) is 2.01. The van der Waals surface area contributed by atoms with Crippen LogP contribution in [0.25, 0.3) is 0 Å². The molecule has 1 heterocycles. The third-order valence-electron chi connectivity index (χ3n) is 1.35. The van der Waals surface area contributed by atoms with Gasteiger partial charge < -0.3 is 0 Å². The van der Waals surface area contributed by atoms with Crippen molar-refractivity contribution in [2.24, 2.45) is 0 Å². The first-order valence-electron chi connectivity index (χ1n) is 3.49. The molecule has 1 atom stereocenters. The number of nitrogens with zero attached hydrogens (tertiary/aromatic N) is 2. The fourth-order valence-corrected chi connectivity index (χ4v) is 1.92. The van der Waals surface area contributed by atoms with Gasteiger partial charge in [-0.05, 0) is 18.7 Å². The molecule has 4 heteroatoms. The molecule has 0 aromatic carbocycles. The molecule has 1 unspecified atom stereocenters. The molecule has 0 bridgehead atoms. The monoisotopic (exact) mass is 188 g/mol. The zero-order chi connectivity index (χ0) is 8.27. The quantitative estimate of drug-likeness (QED) is 0.422. The molecule has 0 aliphatic carbocycles. The van der Waals surface area contributed by atoms with Crippen LogP contribution in [0.15, 0.2) is 17.4 Å². The van der Waals surface area contributed by atoms with Gasteiger partial charge in [0.25, 0.3) is 0 Å². The van der Waals surface area contributed by atoms with Crippen molar-refractivity contribution in [2.75, 3.05) is 5.75 Å². The van der Waals surface area contributed by atoms with E-state index >= 15 is 0 Å². The standard InChI is InChI=1S/C7H12N2S2/c1-3-11(10)7-4-6(2)8-5-9-7/h4-5,10-11H,3H2,1-2H3. The highest BCUT2D eigenvalue weighted by Gasteiger charge is 2.00. The van der Waals surface area contributed by atoms with Crippen LogP contribution in [-0.2, 0) is 0 Å². The van der Waals surface area contributed by atoms with E-state index in [1.165, 1.54) is 0 Å². The van der Waals surface area contributed by atoms with Crippen LogP contribution in [-0.4, -0.2) is 15.7 Å². The van der Waals surface area contributed by atoms with Crippen molar-refractivity contribution in [3.05, 3.63) is 18.1 Å². The fourth-order valence-electron chi connectivity index (χ4n) is 0.744. The summed E-state index contributed by atoms with van der Waals surface area (Å²) in [6.07, 6.45) is 1.60. The van der Waals surface area contributed by atoms with Crippen LogP contribution in [0.1, 0.15) is 12.6 Å². The fraction of sp³-hybridized carbons (Fsp3) is 0.429. The second-order valence-electron chi connectivity index (χ2n) is 2.23. The molecule has 0 radical (unpaired) electrons. The molecular formula is C7H12N2S2. The predicted molar refractivity (Wildman–Crippen MR) is 53.5 cm³/mol. The molecule has 2 nitrogen and oxygen atoms in total. The summed E-state index contributed by atoms with van der Waals surface area (Å²) in [5.74, 6) is 1.06. The van der Waals surface area contributed by atoms with E-state index in [1.807, 2.05) is 13.0 Å². The molecule has 0 fully saturated rings. The molecule has 0 N–H and O–H groups in total. The molecule has 0 aliphatic rings. The van der Waals surface area contributed by atoms with Gasteiger partial charge >= 0.3 is 0 Å². The lowest BCUT2D eigenvalue weighted by Gasteiger charge is -2.10. The second-order valence-corrected chi connectivity index (χ2v) is 5.57. The molecule has 1 aromatic rings. The van der Waals surface area contributed by atoms with Crippen LogP contribution in [0, 0.1) is 6.92 Å². The van der Waals surface area contributed by atoms with Gasteiger partial charge in [-0.1, -0.05) is 6.92 Å². The van der Waals surface area contributed by atoms with Crippen molar-refractivity contribution < 1.29 is 0 Å².